The molecular formula is C27H27ClN6O4. The standard InChI is InChI=1S/C27H27ClN6O4/c1-15(19-6-4-12-33(19)2)37-22-13-21(28)30-26(31-22)24-17-5-3-10-27(25(17)38-32-24)11-9-16-7-8-20(34(35)36)18(14-29)23(16)27/h7-8,13,15,19H,3-6,9-12H2,1-2H3/t15-,19-,27?/m0/s1. The predicted molar refractivity (Wildman–Crippen MR) is 138 cm³/mol. The Labute approximate surface area is 224 Å². The molecule has 1 unspecified atom stereocenters. The number of fused-ring (bicyclic) bond motifs is 4. The average molecular weight is 535 g/mol. The molecule has 11 heteroatoms. The molecule has 1 spiro atoms. The van der Waals surface area contributed by atoms with Gasteiger partial charge in [0.05, 0.1) is 10.3 Å². The van der Waals surface area contributed by atoms with Gasteiger partial charge in [0.2, 0.25) is 5.88 Å². The topological polar surface area (TPSA) is 131 Å². The van der Waals surface area contributed by atoms with Crippen molar-refractivity contribution >= 4 is 17.3 Å². The molecule has 196 valence electrons. The summed E-state index contributed by atoms with van der Waals surface area (Å²) < 4.78 is 12.2. The minimum atomic E-state index is -0.648. The van der Waals surface area contributed by atoms with Gasteiger partial charge in [0.25, 0.3) is 5.69 Å². The zero-order valence-corrected chi connectivity index (χ0v) is 22.0. The molecule has 0 radical (unpaired) electrons. The van der Waals surface area contributed by atoms with Crippen molar-refractivity contribution in [3.8, 4) is 23.5 Å². The van der Waals surface area contributed by atoms with E-state index in [0.717, 1.165) is 36.9 Å². The van der Waals surface area contributed by atoms with E-state index in [1.54, 1.807) is 12.1 Å². The predicted octanol–water partition coefficient (Wildman–Crippen LogP) is 4.99. The highest BCUT2D eigenvalue weighted by molar-refractivity contribution is 6.29. The fraction of sp³-hybridized carbons (Fsp3) is 0.481. The number of nitro benzene ring substituents is 1. The molecule has 3 aliphatic rings. The molecule has 2 aromatic heterocycles. The number of hydrogen-bond donors (Lipinski definition) is 0. The van der Waals surface area contributed by atoms with E-state index in [0.29, 0.717) is 60.4 Å². The number of nitriles is 1. The zero-order chi connectivity index (χ0) is 26.6. The van der Waals surface area contributed by atoms with Gasteiger partial charge in [0, 0.05) is 23.7 Å². The number of halogens is 1. The molecule has 38 heavy (non-hydrogen) atoms. The van der Waals surface area contributed by atoms with Crippen LogP contribution < -0.4 is 4.74 Å². The third-order valence-corrected chi connectivity index (χ3v) is 8.63. The Balaban J connectivity index is 1.40. The second-order valence-electron chi connectivity index (χ2n) is 10.5. The van der Waals surface area contributed by atoms with Gasteiger partial charge >= 0.3 is 0 Å². The summed E-state index contributed by atoms with van der Waals surface area (Å²) >= 11 is 6.40. The first-order chi connectivity index (χ1) is 18.3. The van der Waals surface area contributed by atoms with Crippen LogP contribution in [0.5, 0.6) is 5.88 Å². The molecule has 0 N–H and O–H groups in total. The molecule has 1 aromatic carbocycles. The van der Waals surface area contributed by atoms with Crippen LogP contribution in [0, 0.1) is 21.4 Å². The molecule has 3 aromatic rings. The molecule has 1 aliphatic heterocycles. The summed E-state index contributed by atoms with van der Waals surface area (Å²) in [6.45, 7) is 3.08. The van der Waals surface area contributed by atoms with E-state index >= 15 is 0 Å². The number of ether oxygens (including phenoxy) is 1. The van der Waals surface area contributed by atoms with Crippen LogP contribution in [-0.4, -0.2) is 50.7 Å². The Bertz CT molecular complexity index is 1480. The van der Waals surface area contributed by atoms with Crippen LogP contribution in [-0.2, 0) is 18.3 Å². The van der Waals surface area contributed by atoms with E-state index in [9.17, 15) is 15.4 Å². The van der Waals surface area contributed by atoms with Crippen LogP contribution in [0.4, 0.5) is 5.69 Å². The van der Waals surface area contributed by atoms with Gasteiger partial charge in [0.1, 0.15) is 22.9 Å². The molecule has 1 fully saturated rings. The number of benzene rings is 1. The second kappa shape index (κ2) is 9.33. The molecular weight excluding hydrogens is 508 g/mol. The number of aromatic nitrogens is 3. The zero-order valence-electron chi connectivity index (χ0n) is 21.2. The van der Waals surface area contributed by atoms with E-state index in [1.165, 1.54) is 6.07 Å². The lowest BCUT2D eigenvalue weighted by Gasteiger charge is -2.32. The van der Waals surface area contributed by atoms with Gasteiger partial charge in [-0.1, -0.05) is 22.8 Å². The van der Waals surface area contributed by atoms with E-state index in [-0.39, 0.29) is 22.5 Å². The van der Waals surface area contributed by atoms with Crippen molar-refractivity contribution in [3.05, 3.63) is 61.5 Å². The lowest BCUT2D eigenvalue weighted by molar-refractivity contribution is -0.385. The molecule has 3 atom stereocenters. The molecule has 3 heterocycles. The summed E-state index contributed by atoms with van der Waals surface area (Å²) in [5, 5.41) is 26.3. The first kappa shape index (κ1) is 24.8. The maximum Gasteiger partial charge on any atom is 0.287 e. The van der Waals surface area contributed by atoms with Crippen LogP contribution in [0.15, 0.2) is 22.7 Å². The van der Waals surface area contributed by atoms with Gasteiger partial charge < -0.3 is 9.26 Å². The van der Waals surface area contributed by atoms with Crippen molar-refractivity contribution in [2.75, 3.05) is 13.6 Å². The number of hydrogen-bond acceptors (Lipinski definition) is 9. The van der Waals surface area contributed by atoms with Crippen molar-refractivity contribution < 1.29 is 14.2 Å². The minimum Gasteiger partial charge on any atom is -0.473 e. The van der Waals surface area contributed by atoms with E-state index < -0.39 is 10.3 Å². The van der Waals surface area contributed by atoms with Crippen LogP contribution in [0.3, 0.4) is 0 Å². The summed E-state index contributed by atoms with van der Waals surface area (Å²) in [7, 11) is 2.10. The summed E-state index contributed by atoms with van der Waals surface area (Å²) in [6.07, 6.45) is 5.73. The smallest absolute Gasteiger partial charge is 0.287 e. The van der Waals surface area contributed by atoms with Gasteiger partial charge in [-0.3, -0.25) is 15.0 Å². The van der Waals surface area contributed by atoms with Crippen molar-refractivity contribution in [3.63, 3.8) is 0 Å². The Kier molecular flexibility index (Phi) is 6.08. The maximum absolute atomic E-state index is 11.7. The van der Waals surface area contributed by atoms with Crippen molar-refractivity contribution in [2.24, 2.45) is 0 Å². The fourth-order valence-corrected chi connectivity index (χ4v) is 6.91. The first-order valence-electron chi connectivity index (χ1n) is 12.9. The highest BCUT2D eigenvalue weighted by Crippen LogP contribution is 2.54. The van der Waals surface area contributed by atoms with Gasteiger partial charge in [-0.25, -0.2) is 4.98 Å². The lowest BCUT2D eigenvalue weighted by Crippen LogP contribution is -2.38. The molecule has 0 saturated carbocycles. The highest BCUT2D eigenvalue weighted by atomic mass is 35.5. The van der Waals surface area contributed by atoms with Crippen molar-refractivity contribution in [1.29, 1.82) is 5.26 Å². The first-order valence-corrected chi connectivity index (χ1v) is 13.3. The fourth-order valence-electron chi connectivity index (χ4n) is 6.74. The second-order valence-corrected chi connectivity index (χ2v) is 10.9. The number of likely N-dealkylation sites (tertiary alicyclic amines) is 1. The quantitative estimate of drug-likeness (QED) is 0.252. The molecule has 0 bridgehead atoms. The summed E-state index contributed by atoms with van der Waals surface area (Å²) in [5.74, 6) is 1.34. The third-order valence-electron chi connectivity index (χ3n) is 8.44. The Morgan fingerprint density at radius 1 is 1.32 bits per heavy atom. The monoisotopic (exact) mass is 534 g/mol. The van der Waals surface area contributed by atoms with Crippen LogP contribution >= 0.6 is 11.6 Å². The van der Waals surface area contributed by atoms with Crippen LogP contribution in [0.2, 0.25) is 5.15 Å². The SMILES string of the molecule is C[C@H](Oc1cc(Cl)nc(-c2noc3c2CCCC32CCc3ccc([N+](=O)[O-])c(C#N)c32)n1)[C@@H]1CCCN1C. The van der Waals surface area contributed by atoms with Crippen molar-refractivity contribution in [1.82, 2.24) is 20.0 Å². The molecule has 10 nitrogen and oxygen atoms in total. The van der Waals surface area contributed by atoms with E-state index in [4.69, 9.17) is 20.9 Å². The van der Waals surface area contributed by atoms with Gasteiger partial charge in [-0.15, -0.1) is 0 Å². The molecule has 0 amide bonds. The van der Waals surface area contributed by atoms with Gasteiger partial charge in [-0.05, 0) is 76.6 Å². The molecule has 6 rings (SSSR count). The van der Waals surface area contributed by atoms with E-state index in [1.807, 2.05) is 6.92 Å². The number of aryl methyl sites for hydroxylation is 1. The average Bonchev–Trinajstić information content (AvgIpc) is 3.61. The minimum absolute atomic E-state index is 0.0778. The number of likely N-dealkylation sites (N-methyl/N-ethyl adjacent to an activating group) is 1. The maximum atomic E-state index is 11.7. The molecule has 2 aliphatic carbocycles. The summed E-state index contributed by atoms with van der Waals surface area (Å²) in [6, 6.07) is 7.21. The normalized spacial score (nSPS) is 23.2. The van der Waals surface area contributed by atoms with Crippen molar-refractivity contribution in [2.45, 2.75) is 69.4 Å². The number of nitrogens with zero attached hydrogens (tertiary/aromatic N) is 6. The summed E-state index contributed by atoms with van der Waals surface area (Å²) in [5.41, 5.74) is 2.27. The number of rotatable bonds is 5. The van der Waals surface area contributed by atoms with E-state index in [2.05, 4.69) is 33.1 Å². The largest absolute Gasteiger partial charge is 0.473 e. The Morgan fingerprint density at radius 2 is 2.16 bits per heavy atom. The Morgan fingerprint density at radius 3 is 2.89 bits per heavy atom. The van der Waals surface area contributed by atoms with Crippen LogP contribution in [0.25, 0.3) is 11.5 Å². The van der Waals surface area contributed by atoms with Gasteiger partial charge in [0.15, 0.2) is 17.3 Å². The van der Waals surface area contributed by atoms with Crippen LogP contribution in [0.1, 0.15) is 67.0 Å². The Hall–Kier alpha value is -3.55. The summed E-state index contributed by atoms with van der Waals surface area (Å²) in [4.78, 5) is 22.6. The third kappa shape index (κ3) is 3.84. The highest BCUT2D eigenvalue weighted by Gasteiger charge is 2.50. The number of nitro groups is 1. The lowest BCUT2D eigenvalue weighted by atomic mass is 9.68. The molecule has 1 saturated heterocycles. The van der Waals surface area contributed by atoms with Gasteiger partial charge in [-0.2, -0.15) is 10.2 Å².